The van der Waals surface area contributed by atoms with Crippen molar-refractivity contribution in [1.82, 2.24) is 19.7 Å². The van der Waals surface area contributed by atoms with E-state index in [0.717, 1.165) is 19.6 Å². The van der Waals surface area contributed by atoms with E-state index in [1.54, 1.807) is 22.4 Å². The Balaban J connectivity index is 1.25. The molecule has 2 aromatic carbocycles. The zero-order chi connectivity index (χ0) is 26.9. The van der Waals surface area contributed by atoms with E-state index in [4.69, 9.17) is 0 Å². The summed E-state index contributed by atoms with van der Waals surface area (Å²) in [6.45, 7) is 8.39. The Morgan fingerprint density at radius 2 is 1.63 bits per heavy atom. The number of thiazole rings is 1. The number of carbonyl (C=O) groups excluding carboxylic acids is 3. The van der Waals surface area contributed by atoms with Crippen molar-refractivity contribution in [3.63, 3.8) is 0 Å². The highest BCUT2D eigenvalue weighted by Crippen LogP contribution is 2.18. The van der Waals surface area contributed by atoms with E-state index in [0.29, 0.717) is 36.0 Å². The summed E-state index contributed by atoms with van der Waals surface area (Å²) in [5.74, 6) is -0.224. The highest BCUT2D eigenvalue weighted by atomic mass is 32.1. The molecule has 3 aromatic rings. The number of anilines is 1. The topological polar surface area (TPSA) is 85.8 Å². The molecule has 0 atom stereocenters. The fraction of sp³-hybridized carbons (Fsp3) is 0.379. The monoisotopic (exact) mass is 533 g/mol. The third kappa shape index (κ3) is 7.97. The molecule has 1 aliphatic rings. The predicted molar refractivity (Wildman–Crippen MR) is 150 cm³/mol. The highest BCUT2D eigenvalue weighted by Gasteiger charge is 2.23. The van der Waals surface area contributed by atoms with Gasteiger partial charge in [0, 0.05) is 50.2 Å². The van der Waals surface area contributed by atoms with Gasteiger partial charge in [-0.3, -0.25) is 19.3 Å². The van der Waals surface area contributed by atoms with Crippen LogP contribution < -0.4 is 5.32 Å². The molecule has 200 valence electrons. The minimum absolute atomic E-state index is 0.0455. The van der Waals surface area contributed by atoms with Crippen LogP contribution in [0, 0.1) is 5.92 Å². The summed E-state index contributed by atoms with van der Waals surface area (Å²) in [7, 11) is 0. The second-order valence-corrected chi connectivity index (χ2v) is 10.8. The number of hydrogen-bond donors (Lipinski definition) is 1. The SMILES string of the molecule is CC(C)CN(CC(=O)Nc1nc(CC(=O)N2CCN(Cc3ccccc3)CC2)cs1)C(=O)c1ccccc1. The number of benzene rings is 2. The minimum atomic E-state index is -0.309. The molecule has 1 fully saturated rings. The van der Waals surface area contributed by atoms with Gasteiger partial charge in [0.05, 0.1) is 12.1 Å². The molecule has 4 rings (SSSR count). The Kier molecular flexibility index (Phi) is 9.62. The number of rotatable bonds is 10. The van der Waals surface area contributed by atoms with Crippen molar-refractivity contribution in [1.29, 1.82) is 0 Å². The Hall–Kier alpha value is -3.56. The molecular formula is C29H35N5O3S. The van der Waals surface area contributed by atoms with Crippen molar-refractivity contribution in [2.24, 2.45) is 5.92 Å². The first-order chi connectivity index (χ1) is 18.4. The van der Waals surface area contributed by atoms with Crippen molar-refractivity contribution in [2.75, 3.05) is 44.6 Å². The van der Waals surface area contributed by atoms with Gasteiger partial charge in [0.15, 0.2) is 5.13 Å². The van der Waals surface area contributed by atoms with Gasteiger partial charge in [0.25, 0.3) is 5.91 Å². The van der Waals surface area contributed by atoms with Crippen molar-refractivity contribution < 1.29 is 14.4 Å². The number of aromatic nitrogens is 1. The van der Waals surface area contributed by atoms with Gasteiger partial charge in [-0.15, -0.1) is 11.3 Å². The van der Waals surface area contributed by atoms with E-state index in [1.165, 1.54) is 16.9 Å². The van der Waals surface area contributed by atoms with Gasteiger partial charge in [-0.25, -0.2) is 4.98 Å². The van der Waals surface area contributed by atoms with E-state index < -0.39 is 0 Å². The number of hydrogen-bond acceptors (Lipinski definition) is 6. The van der Waals surface area contributed by atoms with Gasteiger partial charge in [-0.2, -0.15) is 0 Å². The van der Waals surface area contributed by atoms with Crippen molar-refractivity contribution >= 4 is 34.2 Å². The summed E-state index contributed by atoms with van der Waals surface area (Å²) in [6, 6.07) is 19.3. The molecule has 0 aliphatic carbocycles. The lowest BCUT2D eigenvalue weighted by atomic mass is 10.1. The lowest BCUT2D eigenvalue weighted by Gasteiger charge is -2.34. The van der Waals surface area contributed by atoms with Gasteiger partial charge in [0.2, 0.25) is 11.8 Å². The summed E-state index contributed by atoms with van der Waals surface area (Å²) in [4.78, 5) is 48.8. The number of nitrogens with one attached hydrogen (secondary N) is 1. The van der Waals surface area contributed by atoms with Crippen LogP contribution in [0.2, 0.25) is 0 Å². The molecule has 0 saturated carbocycles. The minimum Gasteiger partial charge on any atom is -0.340 e. The first-order valence-electron chi connectivity index (χ1n) is 13.0. The number of carbonyl (C=O) groups is 3. The predicted octanol–water partition coefficient (Wildman–Crippen LogP) is 3.77. The maximum atomic E-state index is 12.9. The van der Waals surface area contributed by atoms with Crippen molar-refractivity contribution in [3.8, 4) is 0 Å². The molecule has 2 heterocycles. The van der Waals surface area contributed by atoms with Gasteiger partial charge in [0.1, 0.15) is 6.54 Å². The fourth-order valence-electron chi connectivity index (χ4n) is 4.46. The molecule has 1 saturated heterocycles. The second kappa shape index (κ2) is 13.3. The van der Waals surface area contributed by atoms with Crippen LogP contribution in [0.5, 0.6) is 0 Å². The average Bonchev–Trinajstić information content (AvgIpc) is 3.35. The van der Waals surface area contributed by atoms with Crippen LogP contribution in [0.25, 0.3) is 0 Å². The molecule has 38 heavy (non-hydrogen) atoms. The van der Waals surface area contributed by atoms with E-state index >= 15 is 0 Å². The standard InChI is InChI=1S/C29H35N5O3S/c1-22(2)18-34(28(37)24-11-7-4-8-12-24)20-26(35)31-29-30-25(21-38-29)17-27(36)33-15-13-32(14-16-33)19-23-9-5-3-6-10-23/h3-12,21-22H,13-20H2,1-2H3,(H,30,31,35). The molecule has 3 amide bonds. The van der Waals surface area contributed by atoms with Crippen LogP contribution in [0.15, 0.2) is 66.0 Å². The Bertz CT molecular complexity index is 1210. The molecule has 1 N–H and O–H groups in total. The third-order valence-electron chi connectivity index (χ3n) is 6.33. The maximum absolute atomic E-state index is 12.9. The van der Waals surface area contributed by atoms with Gasteiger partial charge >= 0.3 is 0 Å². The first-order valence-corrected chi connectivity index (χ1v) is 13.9. The molecule has 0 bridgehead atoms. The molecule has 1 aromatic heterocycles. The molecule has 0 spiro atoms. The Morgan fingerprint density at radius 1 is 0.974 bits per heavy atom. The van der Waals surface area contributed by atoms with Gasteiger partial charge in [-0.1, -0.05) is 62.4 Å². The summed E-state index contributed by atoms with van der Waals surface area (Å²) in [6.07, 6.45) is 0.205. The fourth-order valence-corrected chi connectivity index (χ4v) is 5.19. The number of nitrogens with zero attached hydrogens (tertiary/aromatic N) is 4. The quantitative estimate of drug-likeness (QED) is 0.429. The lowest BCUT2D eigenvalue weighted by Crippen LogP contribution is -2.48. The summed E-state index contributed by atoms with van der Waals surface area (Å²) in [5.41, 5.74) is 2.47. The first kappa shape index (κ1) is 27.5. The maximum Gasteiger partial charge on any atom is 0.254 e. The van der Waals surface area contributed by atoms with E-state index in [9.17, 15) is 14.4 Å². The van der Waals surface area contributed by atoms with Gasteiger partial charge in [-0.05, 0) is 23.6 Å². The molecule has 8 nitrogen and oxygen atoms in total. The second-order valence-electron chi connectivity index (χ2n) is 9.96. The largest absolute Gasteiger partial charge is 0.340 e. The van der Waals surface area contributed by atoms with Crippen molar-refractivity contribution in [3.05, 3.63) is 82.9 Å². The Morgan fingerprint density at radius 3 is 2.29 bits per heavy atom. The normalized spacial score (nSPS) is 13.9. The summed E-state index contributed by atoms with van der Waals surface area (Å²) >= 11 is 1.29. The van der Waals surface area contributed by atoms with Crippen LogP contribution in [0.4, 0.5) is 5.13 Å². The van der Waals surface area contributed by atoms with Crippen molar-refractivity contribution in [2.45, 2.75) is 26.8 Å². The molecule has 0 unspecified atom stereocenters. The lowest BCUT2D eigenvalue weighted by molar-refractivity contribution is -0.132. The summed E-state index contributed by atoms with van der Waals surface area (Å²) < 4.78 is 0. The molecule has 0 radical (unpaired) electrons. The third-order valence-corrected chi connectivity index (χ3v) is 7.14. The van der Waals surface area contributed by atoms with Crippen LogP contribution in [0.1, 0.15) is 35.5 Å². The van der Waals surface area contributed by atoms with E-state index in [-0.39, 0.29) is 36.6 Å². The number of piperazine rings is 1. The molecular weight excluding hydrogens is 498 g/mol. The van der Waals surface area contributed by atoms with Crippen LogP contribution in [-0.4, -0.2) is 76.7 Å². The van der Waals surface area contributed by atoms with E-state index in [2.05, 4.69) is 27.3 Å². The zero-order valence-corrected chi connectivity index (χ0v) is 22.8. The van der Waals surface area contributed by atoms with E-state index in [1.807, 2.05) is 55.1 Å². The Labute approximate surface area is 228 Å². The highest BCUT2D eigenvalue weighted by molar-refractivity contribution is 7.13. The van der Waals surface area contributed by atoms with Crippen LogP contribution in [-0.2, 0) is 22.6 Å². The van der Waals surface area contributed by atoms with Crippen LogP contribution >= 0.6 is 11.3 Å². The smallest absolute Gasteiger partial charge is 0.254 e. The summed E-state index contributed by atoms with van der Waals surface area (Å²) in [5, 5.41) is 5.04. The zero-order valence-electron chi connectivity index (χ0n) is 22.0. The van der Waals surface area contributed by atoms with Gasteiger partial charge < -0.3 is 15.1 Å². The van der Waals surface area contributed by atoms with Crippen LogP contribution in [0.3, 0.4) is 0 Å². The number of amides is 3. The average molecular weight is 534 g/mol. The molecule has 1 aliphatic heterocycles. The molecule has 9 heteroatoms.